The molecule has 0 unspecified atom stereocenters. The van der Waals surface area contributed by atoms with Crippen LogP contribution in [0.1, 0.15) is 44.2 Å². The van der Waals surface area contributed by atoms with Crippen molar-refractivity contribution >= 4 is 0 Å². The van der Waals surface area contributed by atoms with Crippen LogP contribution in [-0.2, 0) is 0 Å². The number of nitrogens with two attached hydrogens (primary N) is 1. The average Bonchev–Trinajstić information content (AvgIpc) is 2.42. The van der Waals surface area contributed by atoms with Crippen LogP contribution in [-0.4, -0.2) is 30.1 Å². The molecule has 104 valence electrons. The van der Waals surface area contributed by atoms with Crippen LogP contribution in [0, 0.1) is 0 Å². The van der Waals surface area contributed by atoms with Crippen molar-refractivity contribution in [2.24, 2.45) is 5.73 Å². The van der Waals surface area contributed by atoms with Crippen LogP contribution in [0.5, 0.6) is 5.75 Å². The fourth-order valence-corrected chi connectivity index (χ4v) is 3.47. The van der Waals surface area contributed by atoms with Crippen molar-refractivity contribution in [1.82, 2.24) is 4.90 Å². The number of hydrogen-bond acceptors (Lipinski definition) is 3. The van der Waals surface area contributed by atoms with Gasteiger partial charge in [-0.1, -0.05) is 25.1 Å². The molecule has 0 amide bonds. The molecule has 19 heavy (non-hydrogen) atoms. The summed E-state index contributed by atoms with van der Waals surface area (Å²) in [6, 6.07) is 8.37. The third kappa shape index (κ3) is 2.49. The summed E-state index contributed by atoms with van der Waals surface area (Å²) in [5.41, 5.74) is 7.51. The van der Waals surface area contributed by atoms with Crippen LogP contribution in [0.3, 0.4) is 0 Å². The first kappa shape index (κ1) is 12.9. The van der Waals surface area contributed by atoms with E-state index in [0.29, 0.717) is 0 Å². The molecule has 0 bridgehead atoms. The largest absolute Gasteiger partial charge is 0.487 e. The van der Waals surface area contributed by atoms with Crippen molar-refractivity contribution < 1.29 is 4.74 Å². The first-order valence-corrected chi connectivity index (χ1v) is 7.48. The van der Waals surface area contributed by atoms with E-state index >= 15 is 0 Å². The van der Waals surface area contributed by atoms with Gasteiger partial charge in [-0.15, -0.1) is 0 Å². The number of rotatable bonds is 2. The maximum Gasteiger partial charge on any atom is 0.124 e. The minimum atomic E-state index is -0.0159. The molecule has 0 saturated carbocycles. The Morgan fingerprint density at radius 3 is 2.79 bits per heavy atom. The molecule has 3 heteroatoms. The van der Waals surface area contributed by atoms with E-state index in [1.54, 1.807) is 0 Å². The number of ether oxygens (including phenoxy) is 1. The smallest absolute Gasteiger partial charge is 0.124 e. The fourth-order valence-electron chi connectivity index (χ4n) is 3.47. The topological polar surface area (TPSA) is 38.5 Å². The molecule has 3 rings (SSSR count). The molecule has 1 atom stereocenters. The normalized spacial score (nSPS) is 25.9. The van der Waals surface area contributed by atoms with Crippen molar-refractivity contribution in [2.75, 3.05) is 19.6 Å². The highest BCUT2D eigenvalue weighted by Gasteiger charge is 2.41. The van der Waals surface area contributed by atoms with Gasteiger partial charge in [0.15, 0.2) is 0 Å². The highest BCUT2D eigenvalue weighted by molar-refractivity contribution is 5.38. The van der Waals surface area contributed by atoms with Gasteiger partial charge >= 0.3 is 0 Å². The summed E-state index contributed by atoms with van der Waals surface area (Å²) < 4.78 is 6.35. The number of fused-ring (bicyclic) bond motifs is 1. The van der Waals surface area contributed by atoms with E-state index in [-0.39, 0.29) is 11.6 Å². The summed E-state index contributed by atoms with van der Waals surface area (Å²) >= 11 is 0. The van der Waals surface area contributed by atoms with Crippen LogP contribution in [0.2, 0.25) is 0 Å². The Morgan fingerprint density at radius 1 is 1.32 bits per heavy atom. The Morgan fingerprint density at radius 2 is 2.05 bits per heavy atom. The van der Waals surface area contributed by atoms with Crippen molar-refractivity contribution in [3.8, 4) is 5.75 Å². The van der Waals surface area contributed by atoms with E-state index in [1.165, 1.54) is 18.5 Å². The van der Waals surface area contributed by atoms with Gasteiger partial charge < -0.3 is 15.4 Å². The van der Waals surface area contributed by atoms with Crippen LogP contribution in [0.15, 0.2) is 24.3 Å². The van der Waals surface area contributed by atoms with E-state index < -0.39 is 0 Å². The standard InChI is InChI=1S/C16H24N2O/c1-2-9-18-10-7-16(8-11-18)12-14(17)13-5-3-4-6-15(13)19-16/h3-6,14H,2,7-12,17H2,1H3/t14-/m0/s1. The van der Waals surface area contributed by atoms with Gasteiger partial charge in [0.25, 0.3) is 0 Å². The van der Waals surface area contributed by atoms with E-state index in [2.05, 4.69) is 24.0 Å². The Bertz CT molecular complexity index is 438. The van der Waals surface area contributed by atoms with Gasteiger partial charge in [0.05, 0.1) is 0 Å². The molecule has 2 N–H and O–H groups in total. The molecule has 2 aliphatic heterocycles. The molecule has 0 aliphatic carbocycles. The lowest BCUT2D eigenvalue weighted by Crippen LogP contribution is -2.51. The Kier molecular flexibility index (Phi) is 3.50. The lowest BCUT2D eigenvalue weighted by atomic mass is 9.81. The first-order valence-electron chi connectivity index (χ1n) is 7.48. The zero-order valence-corrected chi connectivity index (χ0v) is 11.8. The molecule has 1 spiro atoms. The summed E-state index contributed by atoms with van der Waals surface area (Å²) in [4.78, 5) is 2.54. The monoisotopic (exact) mass is 260 g/mol. The van der Waals surface area contributed by atoms with Crippen molar-refractivity contribution in [3.05, 3.63) is 29.8 Å². The van der Waals surface area contributed by atoms with Crippen molar-refractivity contribution in [2.45, 2.75) is 44.2 Å². The molecule has 2 heterocycles. The maximum absolute atomic E-state index is 6.35. The second-order valence-corrected chi connectivity index (χ2v) is 5.98. The molecular formula is C16H24N2O. The first-order chi connectivity index (χ1) is 9.22. The molecule has 2 aliphatic rings. The highest BCUT2D eigenvalue weighted by Crippen LogP contribution is 2.43. The van der Waals surface area contributed by atoms with Gasteiger partial charge in [-0.2, -0.15) is 0 Å². The van der Waals surface area contributed by atoms with E-state index in [4.69, 9.17) is 10.5 Å². The van der Waals surface area contributed by atoms with Crippen LogP contribution in [0.4, 0.5) is 0 Å². The molecule has 1 saturated heterocycles. The number of hydrogen-bond donors (Lipinski definition) is 1. The Balaban J connectivity index is 1.74. The second-order valence-electron chi connectivity index (χ2n) is 5.98. The quantitative estimate of drug-likeness (QED) is 0.888. The predicted molar refractivity (Wildman–Crippen MR) is 77.3 cm³/mol. The molecule has 1 aromatic carbocycles. The molecule has 0 radical (unpaired) electrons. The van der Waals surface area contributed by atoms with Crippen LogP contribution < -0.4 is 10.5 Å². The van der Waals surface area contributed by atoms with Gasteiger partial charge in [0, 0.05) is 31.1 Å². The third-order valence-electron chi connectivity index (χ3n) is 4.54. The molecular weight excluding hydrogens is 236 g/mol. The van der Waals surface area contributed by atoms with Gasteiger partial charge in [0.1, 0.15) is 11.4 Å². The lowest BCUT2D eigenvalue weighted by Gasteiger charge is -2.46. The zero-order chi connectivity index (χ0) is 13.3. The van der Waals surface area contributed by atoms with Crippen molar-refractivity contribution in [1.29, 1.82) is 0 Å². The maximum atomic E-state index is 6.35. The highest BCUT2D eigenvalue weighted by atomic mass is 16.5. The number of benzene rings is 1. The van der Waals surface area contributed by atoms with Gasteiger partial charge in [-0.25, -0.2) is 0 Å². The summed E-state index contributed by atoms with van der Waals surface area (Å²) in [5.74, 6) is 1.00. The number of para-hydroxylation sites is 1. The number of piperidine rings is 1. The van der Waals surface area contributed by atoms with Gasteiger partial charge in [-0.3, -0.25) is 0 Å². The summed E-state index contributed by atoms with van der Waals surface area (Å²) in [7, 11) is 0. The van der Waals surface area contributed by atoms with Gasteiger partial charge in [0.2, 0.25) is 0 Å². The van der Waals surface area contributed by atoms with Crippen LogP contribution in [0.25, 0.3) is 0 Å². The summed E-state index contributed by atoms with van der Waals surface area (Å²) in [5, 5.41) is 0. The van der Waals surface area contributed by atoms with E-state index in [9.17, 15) is 0 Å². The zero-order valence-electron chi connectivity index (χ0n) is 11.8. The SMILES string of the molecule is CCCN1CCC2(CC1)C[C@H](N)c1ccccc1O2. The van der Waals surface area contributed by atoms with E-state index in [0.717, 1.165) is 38.1 Å². The Hall–Kier alpha value is -1.06. The predicted octanol–water partition coefficient (Wildman–Crippen LogP) is 2.71. The van der Waals surface area contributed by atoms with E-state index in [1.807, 2.05) is 12.1 Å². The lowest BCUT2D eigenvalue weighted by molar-refractivity contribution is -0.0215. The minimum Gasteiger partial charge on any atom is -0.487 e. The Labute approximate surface area is 115 Å². The summed E-state index contributed by atoms with van der Waals surface area (Å²) in [6.45, 7) is 5.73. The molecule has 3 nitrogen and oxygen atoms in total. The average molecular weight is 260 g/mol. The summed E-state index contributed by atoms with van der Waals surface area (Å²) in [6.07, 6.45) is 4.41. The molecule has 1 fully saturated rings. The second kappa shape index (κ2) is 5.14. The van der Waals surface area contributed by atoms with Crippen molar-refractivity contribution in [3.63, 3.8) is 0 Å². The minimum absolute atomic E-state index is 0.0159. The third-order valence-corrected chi connectivity index (χ3v) is 4.54. The fraction of sp³-hybridized carbons (Fsp3) is 0.625. The molecule has 1 aromatic rings. The van der Waals surface area contributed by atoms with Gasteiger partial charge in [-0.05, 0) is 31.9 Å². The van der Waals surface area contributed by atoms with Crippen LogP contribution >= 0.6 is 0 Å². The number of nitrogens with zero attached hydrogens (tertiary/aromatic N) is 1. The number of likely N-dealkylation sites (tertiary alicyclic amines) is 1. The molecule has 0 aromatic heterocycles.